The van der Waals surface area contributed by atoms with Crippen molar-refractivity contribution in [1.82, 2.24) is 25.5 Å². The van der Waals surface area contributed by atoms with Crippen LogP contribution in [-0.2, 0) is 11.2 Å². The maximum Gasteiger partial charge on any atom is 0.228 e. The molecule has 2 bridgehead atoms. The number of nitrogens with zero attached hydrogens (tertiary/aromatic N) is 4. The Morgan fingerprint density at radius 3 is 2.71 bits per heavy atom. The molecule has 4 atom stereocenters. The van der Waals surface area contributed by atoms with Gasteiger partial charge in [0.05, 0.1) is 12.5 Å². The van der Waals surface area contributed by atoms with E-state index in [0.717, 1.165) is 11.8 Å². The third-order valence-electron chi connectivity index (χ3n) is 5.07. The maximum atomic E-state index is 12.1. The van der Waals surface area contributed by atoms with Crippen molar-refractivity contribution < 1.29 is 4.79 Å². The van der Waals surface area contributed by atoms with Gasteiger partial charge in [-0.1, -0.05) is 6.42 Å². The number of hydrogen-bond donors (Lipinski definition) is 1. The summed E-state index contributed by atoms with van der Waals surface area (Å²) in [4.78, 5) is 13.7. The van der Waals surface area contributed by atoms with Gasteiger partial charge < -0.3 is 5.32 Å². The van der Waals surface area contributed by atoms with Crippen molar-refractivity contribution in [3.05, 3.63) is 5.82 Å². The summed E-state index contributed by atoms with van der Waals surface area (Å²) in [6.45, 7) is 6.12. The molecule has 2 fully saturated rings. The molecule has 2 aliphatic rings. The first-order valence-electron chi connectivity index (χ1n) is 8.10. The van der Waals surface area contributed by atoms with E-state index >= 15 is 0 Å². The highest BCUT2D eigenvalue weighted by atomic mass is 16.1. The van der Waals surface area contributed by atoms with Crippen LogP contribution in [0.25, 0.3) is 0 Å². The fourth-order valence-electron chi connectivity index (χ4n) is 4.01. The first kappa shape index (κ1) is 14.5. The zero-order valence-electron chi connectivity index (χ0n) is 13.1. The number of amides is 1. The first-order valence-corrected chi connectivity index (χ1v) is 8.10. The minimum atomic E-state index is 0.00794. The van der Waals surface area contributed by atoms with Crippen molar-refractivity contribution in [2.75, 3.05) is 0 Å². The number of rotatable bonds is 5. The number of nitrogens with one attached hydrogen (secondary N) is 1. The number of tetrazole rings is 1. The molecule has 0 aromatic carbocycles. The highest BCUT2D eigenvalue weighted by molar-refractivity contribution is 5.77. The molecule has 116 valence electrons. The Morgan fingerprint density at radius 2 is 2.14 bits per heavy atom. The van der Waals surface area contributed by atoms with Crippen molar-refractivity contribution in [2.24, 2.45) is 17.8 Å². The lowest BCUT2D eigenvalue weighted by Gasteiger charge is -2.28. The minimum absolute atomic E-state index is 0.00794. The lowest BCUT2D eigenvalue weighted by Crippen LogP contribution is -2.40. The summed E-state index contributed by atoms with van der Waals surface area (Å²) in [5, 5.41) is 15.3. The average molecular weight is 291 g/mol. The number of aromatic nitrogens is 4. The van der Waals surface area contributed by atoms with Crippen molar-refractivity contribution in [3.8, 4) is 0 Å². The van der Waals surface area contributed by atoms with Gasteiger partial charge in [0.25, 0.3) is 0 Å². The predicted octanol–water partition coefficient (Wildman–Crippen LogP) is 1.74. The molecule has 6 heteroatoms. The summed E-state index contributed by atoms with van der Waals surface area (Å²) in [5.74, 6) is 2.90. The Kier molecular flexibility index (Phi) is 3.95. The van der Waals surface area contributed by atoms with Crippen LogP contribution in [0.2, 0.25) is 0 Å². The molecular weight excluding hydrogens is 266 g/mol. The molecule has 6 nitrogen and oxygen atoms in total. The van der Waals surface area contributed by atoms with Crippen LogP contribution >= 0.6 is 0 Å². The molecule has 0 unspecified atom stereocenters. The lowest BCUT2D eigenvalue weighted by molar-refractivity contribution is -0.121. The molecular formula is C15H25N5O. The molecule has 1 aromatic heterocycles. The van der Waals surface area contributed by atoms with Gasteiger partial charge in [-0.05, 0) is 63.0 Å². The average Bonchev–Trinajstić information content (AvgIpc) is 3.13. The lowest BCUT2D eigenvalue weighted by atomic mass is 9.84. The van der Waals surface area contributed by atoms with E-state index in [0.29, 0.717) is 11.7 Å². The maximum absolute atomic E-state index is 12.1. The second-order valence-corrected chi connectivity index (χ2v) is 6.99. The monoisotopic (exact) mass is 291 g/mol. The molecule has 0 radical (unpaired) electrons. The molecule has 2 aliphatic carbocycles. The number of carbonyl (C=O) groups is 1. The summed E-state index contributed by atoms with van der Waals surface area (Å²) >= 11 is 0. The highest BCUT2D eigenvalue weighted by Crippen LogP contribution is 2.49. The minimum Gasteiger partial charge on any atom is -0.353 e. The molecule has 0 saturated heterocycles. The Bertz CT molecular complexity index is 512. The van der Waals surface area contributed by atoms with E-state index in [1.807, 2.05) is 13.8 Å². The summed E-state index contributed by atoms with van der Waals surface area (Å²) < 4.78 is 0. The van der Waals surface area contributed by atoms with Gasteiger partial charge in [-0.15, -0.1) is 10.2 Å². The molecule has 1 heterocycles. The van der Waals surface area contributed by atoms with Gasteiger partial charge in [0, 0.05) is 6.04 Å². The summed E-state index contributed by atoms with van der Waals surface area (Å²) in [6, 6.07) is 0.426. The van der Waals surface area contributed by atoms with Crippen LogP contribution < -0.4 is 5.32 Å². The van der Waals surface area contributed by atoms with Crippen LogP contribution in [0.3, 0.4) is 0 Å². The van der Waals surface area contributed by atoms with E-state index in [-0.39, 0.29) is 24.4 Å². The third kappa shape index (κ3) is 3.09. The van der Waals surface area contributed by atoms with Crippen LogP contribution in [0.15, 0.2) is 0 Å². The van der Waals surface area contributed by atoms with Crippen molar-refractivity contribution in [1.29, 1.82) is 0 Å². The van der Waals surface area contributed by atoms with Crippen LogP contribution in [0.1, 0.15) is 58.3 Å². The quantitative estimate of drug-likeness (QED) is 0.897. The Morgan fingerprint density at radius 1 is 1.33 bits per heavy atom. The van der Waals surface area contributed by atoms with Crippen molar-refractivity contribution >= 4 is 5.91 Å². The molecule has 2 saturated carbocycles. The number of fused-ring (bicyclic) bond motifs is 2. The molecule has 21 heavy (non-hydrogen) atoms. The summed E-state index contributed by atoms with van der Waals surface area (Å²) in [7, 11) is 0. The standard InChI is InChI=1S/C15H25N5O/c1-9(2)20-18-14(17-19-20)8-15(21)16-10(3)13-7-11-4-5-12(13)6-11/h9-13H,4-8H2,1-3H3,(H,16,21)/t10-,11-,12-,13+/m0/s1. The summed E-state index contributed by atoms with van der Waals surface area (Å²) in [6.07, 6.45) is 5.62. The van der Waals surface area contributed by atoms with Crippen molar-refractivity contribution in [2.45, 2.75) is 65.0 Å². The fourth-order valence-corrected chi connectivity index (χ4v) is 4.01. The van der Waals surface area contributed by atoms with E-state index < -0.39 is 0 Å². The predicted molar refractivity (Wildman–Crippen MR) is 78.4 cm³/mol. The van der Waals surface area contributed by atoms with Gasteiger partial charge in [-0.2, -0.15) is 4.80 Å². The second-order valence-electron chi connectivity index (χ2n) is 6.99. The Balaban J connectivity index is 1.51. The largest absolute Gasteiger partial charge is 0.353 e. The molecule has 0 aliphatic heterocycles. The van der Waals surface area contributed by atoms with Gasteiger partial charge in [-0.25, -0.2) is 0 Å². The van der Waals surface area contributed by atoms with Gasteiger partial charge in [-0.3, -0.25) is 4.79 Å². The van der Waals surface area contributed by atoms with E-state index in [9.17, 15) is 4.79 Å². The Labute approximate surface area is 125 Å². The van der Waals surface area contributed by atoms with Crippen LogP contribution in [0, 0.1) is 17.8 Å². The van der Waals surface area contributed by atoms with Gasteiger partial charge in [0.15, 0.2) is 5.82 Å². The normalized spacial score (nSPS) is 29.0. The van der Waals surface area contributed by atoms with E-state index in [1.165, 1.54) is 25.7 Å². The number of carbonyl (C=O) groups excluding carboxylic acids is 1. The van der Waals surface area contributed by atoms with Crippen LogP contribution in [-0.4, -0.2) is 32.2 Å². The molecule has 3 rings (SSSR count). The topological polar surface area (TPSA) is 72.7 Å². The van der Waals surface area contributed by atoms with Crippen LogP contribution in [0.4, 0.5) is 0 Å². The smallest absolute Gasteiger partial charge is 0.228 e. The molecule has 1 N–H and O–H groups in total. The zero-order chi connectivity index (χ0) is 15.0. The molecule has 1 aromatic rings. The van der Waals surface area contributed by atoms with E-state index in [4.69, 9.17) is 0 Å². The van der Waals surface area contributed by atoms with Gasteiger partial charge in [0.1, 0.15) is 0 Å². The Hall–Kier alpha value is -1.46. The molecule has 0 spiro atoms. The first-order chi connectivity index (χ1) is 10.0. The third-order valence-corrected chi connectivity index (χ3v) is 5.07. The van der Waals surface area contributed by atoms with Gasteiger partial charge in [0.2, 0.25) is 5.91 Å². The fraction of sp³-hybridized carbons (Fsp3) is 0.867. The van der Waals surface area contributed by atoms with E-state index in [2.05, 4.69) is 27.7 Å². The summed E-state index contributed by atoms with van der Waals surface area (Å²) in [5.41, 5.74) is 0. The zero-order valence-corrected chi connectivity index (χ0v) is 13.1. The SMILES string of the molecule is CC(C)n1nnc(CC(=O)N[C@@H](C)[C@H]2C[C@H]3CC[C@H]2C3)n1. The van der Waals surface area contributed by atoms with E-state index in [1.54, 1.807) is 4.80 Å². The highest BCUT2D eigenvalue weighted by Gasteiger charge is 2.42. The molecule has 1 amide bonds. The number of hydrogen-bond acceptors (Lipinski definition) is 4. The second kappa shape index (κ2) is 5.73. The van der Waals surface area contributed by atoms with Crippen molar-refractivity contribution in [3.63, 3.8) is 0 Å². The van der Waals surface area contributed by atoms with Gasteiger partial charge >= 0.3 is 0 Å². The van der Waals surface area contributed by atoms with Crippen LogP contribution in [0.5, 0.6) is 0 Å².